The summed E-state index contributed by atoms with van der Waals surface area (Å²) in [6.07, 6.45) is 1.14. The van der Waals surface area contributed by atoms with Crippen LogP contribution in [-0.4, -0.2) is 38.4 Å². The van der Waals surface area contributed by atoms with Gasteiger partial charge in [0.15, 0.2) is 0 Å². The molecule has 0 unspecified atom stereocenters. The van der Waals surface area contributed by atoms with Gasteiger partial charge >= 0.3 is 11.9 Å². The van der Waals surface area contributed by atoms with Gasteiger partial charge in [0.1, 0.15) is 37.9 Å². The number of hydrogen-bond donors (Lipinski definition) is 0. The van der Waals surface area contributed by atoms with Gasteiger partial charge < -0.3 is 18.9 Å². The number of esters is 2. The molecule has 0 aliphatic rings. The first-order valence-electron chi connectivity index (χ1n) is 11.9. The van der Waals surface area contributed by atoms with Crippen molar-refractivity contribution in [1.82, 2.24) is 0 Å². The summed E-state index contributed by atoms with van der Waals surface area (Å²) in [4.78, 5) is 23.2. The van der Waals surface area contributed by atoms with Crippen molar-refractivity contribution < 1.29 is 28.5 Å². The summed E-state index contributed by atoms with van der Waals surface area (Å²) in [6, 6.07) is 15.8. The van der Waals surface area contributed by atoms with Crippen LogP contribution in [0.4, 0.5) is 0 Å². The quantitative estimate of drug-likeness (QED) is 0.194. The molecule has 2 aromatic carbocycles. The molecule has 6 nitrogen and oxygen atoms in total. The second-order valence-electron chi connectivity index (χ2n) is 8.56. The number of rotatable bonds is 14. The predicted octanol–water partition coefficient (Wildman–Crippen LogP) is 5.79. The van der Waals surface area contributed by atoms with Crippen molar-refractivity contribution in [3.63, 3.8) is 0 Å². The van der Waals surface area contributed by atoms with Crippen molar-refractivity contribution in [3.8, 4) is 11.5 Å². The topological polar surface area (TPSA) is 71.1 Å². The summed E-state index contributed by atoms with van der Waals surface area (Å²) in [5, 5.41) is 0. The van der Waals surface area contributed by atoms with Gasteiger partial charge in [-0.25, -0.2) is 9.59 Å². The van der Waals surface area contributed by atoms with E-state index in [-0.39, 0.29) is 43.8 Å². The van der Waals surface area contributed by atoms with Crippen molar-refractivity contribution in [2.24, 2.45) is 0 Å². The zero-order valence-corrected chi connectivity index (χ0v) is 21.2. The third kappa shape index (κ3) is 8.32. The number of carbonyl (C=O) groups excluding carboxylic acids is 2. The monoisotopic (exact) mass is 480 g/mol. The van der Waals surface area contributed by atoms with Gasteiger partial charge in [-0.05, 0) is 48.2 Å². The maximum Gasteiger partial charge on any atom is 0.333 e. The van der Waals surface area contributed by atoms with E-state index in [4.69, 9.17) is 18.9 Å². The zero-order chi connectivity index (χ0) is 25.8. The van der Waals surface area contributed by atoms with Crippen molar-refractivity contribution in [2.45, 2.75) is 46.0 Å². The lowest BCUT2D eigenvalue weighted by Gasteiger charge is -2.26. The summed E-state index contributed by atoms with van der Waals surface area (Å²) in [7, 11) is 0. The Morgan fingerprint density at radius 1 is 0.657 bits per heavy atom. The van der Waals surface area contributed by atoms with Crippen LogP contribution in [0.15, 0.2) is 72.8 Å². The Labute approximate surface area is 208 Å². The fourth-order valence-electron chi connectivity index (χ4n) is 3.18. The van der Waals surface area contributed by atoms with E-state index in [1.54, 1.807) is 0 Å². The van der Waals surface area contributed by atoms with E-state index in [1.165, 1.54) is 0 Å². The Morgan fingerprint density at radius 2 is 1.00 bits per heavy atom. The molecule has 0 fully saturated rings. The third-order valence-electron chi connectivity index (χ3n) is 5.75. The standard InChI is InChI=1S/C29H36O6/c1-7-21(3)27(30)34-19-17-32-25-13-9-23(10-14-25)29(5,6)24-11-15-26(16-12-24)33-18-20-35-28(31)22(4)8-2/h9-16H,3-4,7-8,17-20H2,1-2,5-6H3. The van der Waals surface area contributed by atoms with Crippen LogP contribution >= 0.6 is 0 Å². The lowest BCUT2D eigenvalue weighted by atomic mass is 9.78. The summed E-state index contributed by atoms with van der Waals surface area (Å²) >= 11 is 0. The van der Waals surface area contributed by atoms with Crippen LogP contribution in [0, 0.1) is 0 Å². The molecule has 0 heterocycles. The first kappa shape index (κ1) is 27.7. The van der Waals surface area contributed by atoms with E-state index in [2.05, 4.69) is 27.0 Å². The Bertz CT molecular complexity index is 921. The summed E-state index contributed by atoms with van der Waals surface area (Å²) in [5.41, 5.74) is 2.94. The normalized spacial score (nSPS) is 10.9. The molecule has 0 amide bonds. The molecule has 6 heteroatoms. The molecular weight excluding hydrogens is 444 g/mol. The minimum atomic E-state index is -0.383. The molecule has 0 aromatic heterocycles. The molecule has 0 N–H and O–H groups in total. The number of hydrogen-bond acceptors (Lipinski definition) is 6. The highest BCUT2D eigenvalue weighted by Crippen LogP contribution is 2.33. The molecular formula is C29H36O6. The molecule has 0 saturated carbocycles. The fraction of sp³-hybridized carbons (Fsp3) is 0.379. The Kier molecular flexibility index (Phi) is 10.6. The molecule has 0 radical (unpaired) electrons. The average molecular weight is 481 g/mol. The van der Waals surface area contributed by atoms with Crippen LogP contribution in [-0.2, 0) is 24.5 Å². The van der Waals surface area contributed by atoms with Crippen molar-refractivity contribution in [3.05, 3.63) is 84.0 Å². The van der Waals surface area contributed by atoms with Gasteiger partial charge in [0, 0.05) is 16.6 Å². The summed E-state index contributed by atoms with van der Waals surface area (Å²) in [6.45, 7) is 16.3. The summed E-state index contributed by atoms with van der Waals surface area (Å²) in [5.74, 6) is 0.654. The Balaban J connectivity index is 1.85. The maximum atomic E-state index is 11.6. The van der Waals surface area contributed by atoms with E-state index < -0.39 is 0 Å². The van der Waals surface area contributed by atoms with Crippen molar-refractivity contribution in [2.75, 3.05) is 26.4 Å². The highest BCUT2D eigenvalue weighted by Gasteiger charge is 2.23. The van der Waals surface area contributed by atoms with E-state index in [1.807, 2.05) is 62.4 Å². The van der Waals surface area contributed by atoms with Crippen molar-refractivity contribution >= 4 is 11.9 Å². The zero-order valence-electron chi connectivity index (χ0n) is 21.2. The predicted molar refractivity (Wildman–Crippen MR) is 137 cm³/mol. The van der Waals surface area contributed by atoms with Crippen LogP contribution in [0.1, 0.15) is 51.7 Å². The van der Waals surface area contributed by atoms with Gasteiger partial charge in [0.25, 0.3) is 0 Å². The van der Waals surface area contributed by atoms with Gasteiger partial charge in [-0.1, -0.05) is 65.1 Å². The highest BCUT2D eigenvalue weighted by atomic mass is 16.6. The molecule has 2 rings (SSSR count). The van der Waals surface area contributed by atoms with E-state index >= 15 is 0 Å². The van der Waals surface area contributed by atoms with Crippen LogP contribution in [0.2, 0.25) is 0 Å². The first-order valence-corrected chi connectivity index (χ1v) is 11.9. The average Bonchev–Trinajstić information content (AvgIpc) is 2.88. The SMILES string of the molecule is C=C(CC)C(=O)OCCOc1ccc(C(C)(C)c2ccc(OCCOC(=O)C(=C)CC)cc2)cc1. The highest BCUT2D eigenvalue weighted by molar-refractivity contribution is 5.87. The molecule has 0 saturated heterocycles. The van der Waals surface area contributed by atoms with Crippen LogP contribution in [0.25, 0.3) is 0 Å². The lowest BCUT2D eigenvalue weighted by molar-refractivity contribution is -0.140. The molecule has 0 aliphatic carbocycles. The molecule has 2 aromatic rings. The van der Waals surface area contributed by atoms with Gasteiger partial charge in [-0.2, -0.15) is 0 Å². The Hall–Kier alpha value is -3.54. The van der Waals surface area contributed by atoms with Crippen molar-refractivity contribution in [1.29, 1.82) is 0 Å². The van der Waals surface area contributed by atoms with Crippen LogP contribution < -0.4 is 9.47 Å². The minimum absolute atomic E-state index is 0.177. The Morgan fingerprint density at radius 3 is 1.31 bits per heavy atom. The summed E-state index contributed by atoms with van der Waals surface area (Å²) < 4.78 is 21.6. The fourth-order valence-corrected chi connectivity index (χ4v) is 3.18. The van der Waals surface area contributed by atoms with E-state index in [9.17, 15) is 9.59 Å². The number of carbonyl (C=O) groups is 2. The molecule has 35 heavy (non-hydrogen) atoms. The molecule has 0 atom stereocenters. The van der Waals surface area contributed by atoms with Gasteiger partial charge in [0.05, 0.1) is 0 Å². The van der Waals surface area contributed by atoms with Gasteiger partial charge in [0.2, 0.25) is 0 Å². The smallest absolute Gasteiger partial charge is 0.333 e. The van der Waals surface area contributed by atoms with E-state index in [0.717, 1.165) is 11.1 Å². The largest absolute Gasteiger partial charge is 0.490 e. The molecule has 0 aliphatic heterocycles. The maximum absolute atomic E-state index is 11.6. The van der Waals surface area contributed by atoms with Gasteiger partial charge in [-0.15, -0.1) is 0 Å². The van der Waals surface area contributed by atoms with Crippen LogP contribution in [0.5, 0.6) is 11.5 Å². The second kappa shape index (κ2) is 13.4. The first-order chi connectivity index (χ1) is 16.7. The second-order valence-corrected chi connectivity index (χ2v) is 8.56. The number of ether oxygens (including phenoxy) is 4. The van der Waals surface area contributed by atoms with Gasteiger partial charge in [-0.3, -0.25) is 0 Å². The molecule has 0 bridgehead atoms. The molecule has 188 valence electrons. The lowest BCUT2D eigenvalue weighted by Crippen LogP contribution is -2.19. The third-order valence-corrected chi connectivity index (χ3v) is 5.75. The molecule has 0 spiro atoms. The van der Waals surface area contributed by atoms with Crippen LogP contribution in [0.3, 0.4) is 0 Å². The van der Waals surface area contributed by atoms with E-state index in [0.29, 0.717) is 35.5 Å². The number of benzene rings is 2. The minimum Gasteiger partial charge on any atom is -0.490 e.